The molecular formula is C33H38FN3O4. The Hall–Kier alpha value is -3.52. The molecule has 3 heterocycles. The SMILES string of the molecule is Cc1cc(C)cc(NC(=O)[C@@H]2[C@@H]3C=C[C@]4(O3)[C@@H]2C(=O)N(Cc2ccccc2F)[C@H]4C(=O)N[C@@H]2CCC[C@H](C)[C@@H]2C)c1. The van der Waals surface area contributed by atoms with Gasteiger partial charge in [0.2, 0.25) is 17.7 Å². The molecule has 1 aliphatic carbocycles. The Kier molecular flexibility index (Phi) is 7.00. The molecule has 2 aromatic rings. The number of benzene rings is 2. The fourth-order valence-electron chi connectivity index (χ4n) is 7.57. The molecule has 1 spiro atoms. The monoisotopic (exact) mass is 559 g/mol. The van der Waals surface area contributed by atoms with E-state index in [4.69, 9.17) is 4.74 Å². The molecule has 41 heavy (non-hydrogen) atoms. The van der Waals surface area contributed by atoms with Crippen molar-refractivity contribution < 1.29 is 23.5 Å². The summed E-state index contributed by atoms with van der Waals surface area (Å²) in [5, 5.41) is 6.23. The summed E-state index contributed by atoms with van der Waals surface area (Å²) < 4.78 is 21.3. The van der Waals surface area contributed by atoms with E-state index in [0.29, 0.717) is 17.2 Å². The second kappa shape index (κ2) is 10.4. The summed E-state index contributed by atoms with van der Waals surface area (Å²) >= 11 is 0. The van der Waals surface area contributed by atoms with E-state index >= 15 is 0 Å². The number of ether oxygens (including phenoxy) is 1. The molecule has 3 aliphatic heterocycles. The molecule has 2 bridgehead atoms. The van der Waals surface area contributed by atoms with Crippen molar-refractivity contribution in [2.75, 3.05) is 5.32 Å². The van der Waals surface area contributed by atoms with Gasteiger partial charge >= 0.3 is 0 Å². The molecule has 2 saturated heterocycles. The van der Waals surface area contributed by atoms with E-state index in [1.54, 1.807) is 30.4 Å². The van der Waals surface area contributed by atoms with Gasteiger partial charge in [-0.1, -0.05) is 63.1 Å². The quantitative estimate of drug-likeness (QED) is 0.504. The number of anilines is 1. The number of rotatable bonds is 6. The van der Waals surface area contributed by atoms with E-state index < -0.39 is 35.4 Å². The van der Waals surface area contributed by atoms with Gasteiger partial charge in [0.1, 0.15) is 17.5 Å². The number of carbonyl (C=O) groups is 3. The molecule has 3 fully saturated rings. The maximum absolute atomic E-state index is 14.8. The van der Waals surface area contributed by atoms with Crippen molar-refractivity contribution in [3.63, 3.8) is 0 Å². The molecule has 0 aromatic heterocycles. The third-order valence-electron chi connectivity index (χ3n) is 9.75. The number of aryl methyl sites for hydroxylation is 2. The molecule has 2 N–H and O–H groups in total. The summed E-state index contributed by atoms with van der Waals surface area (Å²) in [6.07, 6.45) is 5.96. The van der Waals surface area contributed by atoms with E-state index in [0.717, 1.165) is 30.4 Å². The van der Waals surface area contributed by atoms with Gasteiger partial charge in [-0.2, -0.15) is 0 Å². The van der Waals surface area contributed by atoms with Crippen molar-refractivity contribution in [3.8, 4) is 0 Å². The lowest BCUT2D eigenvalue weighted by Gasteiger charge is -2.38. The number of amides is 3. The number of nitrogens with zero attached hydrogens (tertiary/aromatic N) is 1. The molecule has 6 rings (SSSR count). The smallest absolute Gasteiger partial charge is 0.246 e. The van der Waals surface area contributed by atoms with Crippen molar-refractivity contribution in [1.29, 1.82) is 0 Å². The van der Waals surface area contributed by atoms with Gasteiger partial charge in [0.05, 0.1) is 17.9 Å². The number of likely N-dealkylation sites (tertiary alicyclic amines) is 1. The molecule has 2 aromatic carbocycles. The van der Waals surface area contributed by atoms with Gasteiger partial charge in [-0.05, 0) is 61.4 Å². The van der Waals surface area contributed by atoms with Crippen LogP contribution >= 0.6 is 0 Å². The first-order chi connectivity index (χ1) is 19.6. The first-order valence-corrected chi connectivity index (χ1v) is 14.7. The Morgan fingerprint density at radius 3 is 2.54 bits per heavy atom. The summed E-state index contributed by atoms with van der Waals surface area (Å²) in [6, 6.07) is 11.0. The Morgan fingerprint density at radius 2 is 1.80 bits per heavy atom. The fraction of sp³-hybridized carbons (Fsp3) is 0.485. The number of halogens is 1. The lowest BCUT2D eigenvalue weighted by Crippen LogP contribution is -2.57. The zero-order valence-electron chi connectivity index (χ0n) is 24.0. The molecule has 8 atom stereocenters. The first kappa shape index (κ1) is 27.6. The predicted molar refractivity (Wildman–Crippen MR) is 153 cm³/mol. The molecule has 0 unspecified atom stereocenters. The van der Waals surface area contributed by atoms with Crippen molar-refractivity contribution in [3.05, 3.63) is 77.1 Å². The van der Waals surface area contributed by atoms with Gasteiger partial charge in [0.25, 0.3) is 0 Å². The van der Waals surface area contributed by atoms with Crippen LogP contribution < -0.4 is 10.6 Å². The lowest BCUT2D eigenvalue weighted by atomic mass is 9.73. The number of fused-ring (bicyclic) bond motifs is 1. The van der Waals surface area contributed by atoms with E-state index in [1.165, 1.54) is 11.0 Å². The second-order valence-electron chi connectivity index (χ2n) is 12.5. The van der Waals surface area contributed by atoms with Crippen LogP contribution in [0.25, 0.3) is 0 Å². The molecule has 0 radical (unpaired) electrons. The van der Waals surface area contributed by atoms with Crippen LogP contribution in [0, 0.1) is 43.3 Å². The Labute approximate surface area is 240 Å². The van der Waals surface area contributed by atoms with Crippen molar-refractivity contribution >= 4 is 23.4 Å². The highest BCUT2D eigenvalue weighted by Gasteiger charge is 2.72. The van der Waals surface area contributed by atoms with Crippen LogP contribution in [0.3, 0.4) is 0 Å². The van der Waals surface area contributed by atoms with Crippen LogP contribution in [0.2, 0.25) is 0 Å². The zero-order valence-corrected chi connectivity index (χ0v) is 24.0. The van der Waals surface area contributed by atoms with Crippen LogP contribution in [0.1, 0.15) is 49.8 Å². The van der Waals surface area contributed by atoms with Crippen LogP contribution in [-0.2, 0) is 25.7 Å². The molecule has 4 aliphatic rings. The summed E-state index contributed by atoms with van der Waals surface area (Å²) in [5.41, 5.74) is 1.68. The van der Waals surface area contributed by atoms with Crippen molar-refractivity contribution in [2.45, 2.75) is 77.3 Å². The maximum Gasteiger partial charge on any atom is 0.246 e. The van der Waals surface area contributed by atoms with Crippen LogP contribution in [-0.4, -0.2) is 46.4 Å². The fourth-order valence-corrected chi connectivity index (χ4v) is 7.57. The van der Waals surface area contributed by atoms with Crippen molar-refractivity contribution in [2.24, 2.45) is 23.7 Å². The lowest BCUT2D eigenvalue weighted by molar-refractivity contribution is -0.142. The van der Waals surface area contributed by atoms with Gasteiger partial charge in [0, 0.05) is 23.8 Å². The normalized spacial score (nSPS) is 33.6. The Bertz CT molecular complexity index is 1400. The Balaban J connectivity index is 1.34. The standard InChI is InChI=1S/C33H38FN3O4/c1-18-14-19(2)16-23(15-18)35-30(38)27-26-12-13-33(41-26)28(27)32(40)37(17-22-9-5-6-10-24(22)34)29(33)31(39)36-25-11-7-8-20(3)21(25)4/h5-6,9-10,12-16,20-21,25-29H,7-8,11,17H2,1-4H3,(H,35,38)(H,36,39)/t20-,21-,25+,26-,27+,28-,29-,33-/m0/s1. The molecule has 8 heteroatoms. The van der Waals surface area contributed by atoms with Gasteiger partial charge in [-0.3, -0.25) is 14.4 Å². The average molecular weight is 560 g/mol. The summed E-state index contributed by atoms with van der Waals surface area (Å²) in [6.45, 7) is 8.17. The number of nitrogens with one attached hydrogen (secondary N) is 2. The highest BCUT2D eigenvalue weighted by molar-refractivity contribution is 6.02. The van der Waals surface area contributed by atoms with Gasteiger partial charge in [0.15, 0.2) is 0 Å². The minimum Gasteiger partial charge on any atom is -0.359 e. The predicted octanol–water partition coefficient (Wildman–Crippen LogP) is 4.67. The topological polar surface area (TPSA) is 87.7 Å². The minimum atomic E-state index is -1.30. The number of hydrogen-bond acceptors (Lipinski definition) is 4. The van der Waals surface area contributed by atoms with Crippen LogP contribution in [0.15, 0.2) is 54.6 Å². The molecule has 7 nitrogen and oxygen atoms in total. The second-order valence-corrected chi connectivity index (χ2v) is 12.5. The maximum atomic E-state index is 14.8. The minimum absolute atomic E-state index is 0.0293. The number of carbonyl (C=O) groups excluding carboxylic acids is 3. The van der Waals surface area contributed by atoms with Gasteiger partial charge < -0.3 is 20.3 Å². The highest BCUT2D eigenvalue weighted by Crippen LogP contribution is 2.55. The summed E-state index contributed by atoms with van der Waals surface area (Å²) in [7, 11) is 0. The van der Waals surface area contributed by atoms with Gasteiger partial charge in [-0.15, -0.1) is 0 Å². The zero-order chi connectivity index (χ0) is 29.1. The van der Waals surface area contributed by atoms with E-state index in [2.05, 4.69) is 24.5 Å². The van der Waals surface area contributed by atoms with Gasteiger partial charge in [-0.25, -0.2) is 4.39 Å². The largest absolute Gasteiger partial charge is 0.359 e. The Morgan fingerprint density at radius 1 is 1.07 bits per heavy atom. The first-order valence-electron chi connectivity index (χ1n) is 14.7. The van der Waals surface area contributed by atoms with Crippen LogP contribution in [0.4, 0.5) is 10.1 Å². The van der Waals surface area contributed by atoms with E-state index in [1.807, 2.05) is 32.0 Å². The van der Waals surface area contributed by atoms with Crippen LogP contribution in [0.5, 0.6) is 0 Å². The molecule has 216 valence electrons. The number of hydrogen-bond donors (Lipinski definition) is 2. The average Bonchev–Trinajstić information content (AvgIpc) is 3.55. The highest BCUT2D eigenvalue weighted by atomic mass is 19.1. The molecule has 1 saturated carbocycles. The van der Waals surface area contributed by atoms with E-state index in [9.17, 15) is 18.8 Å². The third-order valence-corrected chi connectivity index (χ3v) is 9.75. The summed E-state index contributed by atoms with van der Waals surface area (Å²) in [5.74, 6) is -2.42. The van der Waals surface area contributed by atoms with E-state index in [-0.39, 0.29) is 36.2 Å². The summed E-state index contributed by atoms with van der Waals surface area (Å²) in [4.78, 5) is 43.5. The molecular weight excluding hydrogens is 521 g/mol. The molecule has 3 amide bonds. The third kappa shape index (κ3) is 4.66. The van der Waals surface area contributed by atoms with Crippen molar-refractivity contribution in [1.82, 2.24) is 10.2 Å².